The van der Waals surface area contributed by atoms with E-state index in [2.05, 4.69) is 0 Å². The molecule has 1 unspecified atom stereocenters. The smallest absolute Gasteiger partial charge is 0.310 e. The number of nitrogens with zero attached hydrogens (tertiary/aromatic N) is 1. The lowest BCUT2D eigenvalue weighted by molar-refractivity contribution is -0.154. The highest BCUT2D eigenvalue weighted by Gasteiger charge is 2.41. The lowest BCUT2D eigenvalue weighted by Gasteiger charge is -2.31. The molecule has 2 rings (SSSR count). The summed E-state index contributed by atoms with van der Waals surface area (Å²) in [5.74, 6) is -0.423. The van der Waals surface area contributed by atoms with Gasteiger partial charge in [-0.1, -0.05) is 13.8 Å². The van der Waals surface area contributed by atoms with Crippen LogP contribution in [0.25, 0.3) is 0 Å². The Kier molecular flexibility index (Phi) is 5.25. The molecule has 1 aliphatic carbocycles. The molecule has 1 saturated heterocycles. The number of rotatable bonds is 8. The monoisotopic (exact) mass is 297 g/mol. The number of hydrogen-bond donors (Lipinski definition) is 1. The minimum Gasteiger partial charge on any atom is -0.481 e. The molecule has 0 bridgehead atoms. The van der Waals surface area contributed by atoms with Crippen LogP contribution in [0.1, 0.15) is 52.4 Å². The fraction of sp³-hybridized carbons (Fsp3) is 0.875. The number of carboxylic acid groups (broad SMARTS) is 1. The molecule has 0 radical (unpaired) electrons. The van der Waals surface area contributed by atoms with E-state index >= 15 is 0 Å². The Balaban J connectivity index is 2.02. The first-order valence-electron chi connectivity index (χ1n) is 8.13. The molecule has 1 amide bonds. The zero-order valence-corrected chi connectivity index (χ0v) is 13.1. The molecule has 0 spiro atoms. The second-order valence-electron chi connectivity index (χ2n) is 6.48. The summed E-state index contributed by atoms with van der Waals surface area (Å²) < 4.78 is 5.39. The van der Waals surface area contributed by atoms with E-state index < -0.39 is 11.4 Å². The summed E-state index contributed by atoms with van der Waals surface area (Å²) in [5, 5.41) is 9.50. The van der Waals surface area contributed by atoms with Crippen LogP contribution in [0.3, 0.4) is 0 Å². The van der Waals surface area contributed by atoms with Crippen molar-refractivity contribution < 1.29 is 19.4 Å². The van der Waals surface area contributed by atoms with Gasteiger partial charge in [0.15, 0.2) is 0 Å². The van der Waals surface area contributed by atoms with Crippen LogP contribution in [-0.2, 0) is 14.3 Å². The van der Waals surface area contributed by atoms with Gasteiger partial charge in [0.2, 0.25) is 5.91 Å². The van der Waals surface area contributed by atoms with Crippen molar-refractivity contribution in [2.75, 3.05) is 19.8 Å². The van der Waals surface area contributed by atoms with E-state index in [-0.39, 0.29) is 12.3 Å². The minimum atomic E-state index is -0.906. The van der Waals surface area contributed by atoms with Crippen molar-refractivity contribution in [2.45, 2.75) is 58.4 Å². The van der Waals surface area contributed by atoms with Gasteiger partial charge in [-0.3, -0.25) is 9.59 Å². The molecule has 2 aliphatic rings. The summed E-state index contributed by atoms with van der Waals surface area (Å²) in [4.78, 5) is 26.2. The maximum Gasteiger partial charge on any atom is 0.310 e. The molecule has 0 aromatic carbocycles. The molecule has 5 nitrogen and oxygen atoms in total. The Morgan fingerprint density at radius 1 is 1.24 bits per heavy atom. The van der Waals surface area contributed by atoms with Crippen LogP contribution in [0, 0.1) is 11.3 Å². The van der Waals surface area contributed by atoms with Crippen molar-refractivity contribution in [3.63, 3.8) is 0 Å². The molecule has 0 aromatic rings. The van der Waals surface area contributed by atoms with Gasteiger partial charge in [0.25, 0.3) is 0 Å². The van der Waals surface area contributed by atoms with Crippen molar-refractivity contribution in [3.8, 4) is 0 Å². The van der Waals surface area contributed by atoms with E-state index in [0.717, 1.165) is 39.0 Å². The van der Waals surface area contributed by atoms with E-state index in [9.17, 15) is 14.7 Å². The molecule has 120 valence electrons. The van der Waals surface area contributed by atoms with Gasteiger partial charge in [-0.05, 0) is 32.1 Å². The van der Waals surface area contributed by atoms with Crippen LogP contribution in [0.4, 0.5) is 0 Å². The lowest BCUT2D eigenvalue weighted by atomic mass is 9.79. The predicted molar refractivity (Wildman–Crippen MR) is 78.9 cm³/mol. The molecule has 2 fully saturated rings. The van der Waals surface area contributed by atoms with Crippen LogP contribution in [0.5, 0.6) is 0 Å². The van der Waals surface area contributed by atoms with E-state index in [1.165, 1.54) is 0 Å². The standard InChI is InChI=1S/C16H27NO4/c1-3-16(4-2,15(19)20)9-14(18)17(13-5-6-13)10-12-7-8-21-11-12/h12-13H,3-11H2,1-2H3,(H,19,20). The van der Waals surface area contributed by atoms with Crippen LogP contribution >= 0.6 is 0 Å². The Morgan fingerprint density at radius 2 is 1.90 bits per heavy atom. The van der Waals surface area contributed by atoms with Crippen molar-refractivity contribution >= 4 is 11.9 Å². The molecule has 1 aliphatic heterocycles. The van der Waals surface area contributed by atoms with Crippen LogP contribution in [-0.4, -0.2) is 47.7 Å². The normalized spacial score (nSPS) is 22.3. The quantitative estimate of drug-likeness (QED) is 0.746. The van der Waals surface area contributed by atoms with Gasteiger partial charge in [0.1, 0.15) is 0 Å². The topological polar surface area (TPSA) is 66.8 Å². The number of hydrogen-bond acceptors (Lipinski definition) is 3. The molecule has 0 aromatic heterocycles. The van der Waals surface area contributed by atoms with Crippen molar-refractivity contribution in [1.82, 2.24) is 4.90 Å². The summed E-state index contributed by atoms with van der Waals surface area (Å²) in [6.07, 6.45) is 4.22. The third-order valence-corrected chi connectivity index (χ3v) is 5.08. The van der Waals surface area contributed by atoms with E-state index in [0.29, 0.717) is 24.8 Å². The number of aliphatic carboxylic acids is 1. The number of carbonyl (C=O) groups is 2. The maximum absolute atomic E-state index is 12.7. The second-order valence-corrected chi connectivity index (χ2v) is 6.48. The Bertz CT molecular complexity index is 382. The Hall–Kier alpha value is -1.10. The average molecular weight is 297 g/mol. The molecular weight excluding hydrogens is 270 g/mol. The minimum absolute atomic E-state index is 0.00972. The van der Waals surface area contributed by atoms with Crippen LogP contribution in [0.15, 0.2) is 0 Å². The van der Waals surface area contributed by atoms with Crippen molar-refractivity contribution in [1.29, 1.82) is 0 Å². The van der Waals surface area contributed by atoms with Gasteiger partial charge >= 0.3 is 5.97 Å². The van der Waals surface area contributed by atoms with Gasteiger partial charge in [-0.2, -0.15) is 0 Å². The predicted octanol–water partition coefficient (Wildman–Crippen LogP) is 2.29. The summed E-state index contributed by atoms with van der Waals surface area (Å²) >= 11 is 0. The third kappa shape index (κ3) is 3.76. The number of amides is 1. The van der Waals surface area contributed by atoms with Crippen molar-refractivity contribution in [2.24, 2.45) is 11.3 Å². The Labute approximate surface area is 126 Å². The average Bonchev–Trinajstić information content (AvgIpc) is 3.18. The largest absolute Gasteiger partial charge is 0.481 e. The third-order valence-electron chi connectivity index (χ3n) is 5.08. The van der Waals surface area contributed by atoms with Gasteiger partial charge < -0.3 is 14.7 Å². The summed E-state index contributed by atoms with van der Waals surface area (Å²) in [5.41, 5.74) is -0.906. The lowest BCUT2D eigenvalue weighted by Crippen LogP contribution is -2.42. The van der Waals surface area contributed by atoms with Gasteiger partial charge in [0, 0.05) is 31.5 Å². The van der Waals surface area contributed by atoms with Gasteiger partial charge in [-0.15, -0.1) is 0 Å². The molecule has 1 saturated carbocycles. The molecule has 1 N–H and O–H groups in total. The summed E-state index contributed by atoms with van der Waals surface area (Å²) in [6.45, 7) is 5.95. The first-order valence-corrected chi connectivity index (χ1v) is 8.13. The summed E-state index contributed by atoms with van der Waals surface area (Å²) in [6, 6.07) is 0.332. The second kappa shape index (κ2) is 6.77. The highest BCUT2D eigenvalue weighted by molar-refractivity contribution is 5.85. The van der Waals surface area contributed by atoms with E-state index in [1.54, 1.807) is 0 Å². The molecular formula is C16H27NO4. The van der Waals surface area contributed by atoms with Crippen LogP contribution < -0.4 is 0 Å². The fourth-order valence-electron chi connectivity index (χ4n) is 3.12. The van der Waals surface area contributed by atoms with E-state index in [4.69, 9.17) is 4.74 Å². The van der Waals surface area contributed by atoms with Crippen molar-refractivity contribution in [3.05, 3.63) is 0 Å². The zero-order chi connectivity index (χ0) is 15.5. The molecule has 1 heterocycles. The molecule has 1 atom stereocenters. The van der Waals surface area contributed by atoms with Crippen LogP contribution in [0.2, 0.25) is 0 Å². The van der Waals surface area contributed by atoms with Gasteiger partial charge in [-0.25, -0.2) is 0 Å². The molecule has 21 heavy (non-hydrogen) atoms. The first kappa shape index (κ1) is 16.3. The SMILES string of the molecule is CCC(CC)(CC(=O)N(CC1CCOC1)C1CC1)C(=O)O. The fourth-order valence-corrected chi connectivity index (χ4v) is 3.12. The number of ether oxygens (including phenoxy) is 1. The first-order chi connectivity index (χ1) is 10.0. The zero-order valence-electron chi connectivity index (χ0n) is 13.1. The van der Waals surface area contributed by atoms with E-state index in [1.807, 2.05) is 18.7 Å². The molecule has 5 heteroatoms. The Morgan fingerprint density at radius 3 is 2.33 bits per heavy atom. The summed E-state index contributed by atoms with van der Waals surface area (Å²) in [7, 11) is 0. The highest BCUT2D eigenvalue weighted by Crippen LogP contribution is 2.35. The number of carboxylic acids is 1. The highest BCUT2D eigenvalue weighted by atomic mass is 16.5. The van der Waals surface area contributed by atoms with Gasteiger partial charge in [0.05, 0.1) is 12.0 Å². The number of carbonyl (C=O) groups excluding carboxylic acids is 1. The maximum atomic E-state index is 12.7.